The normalized spacial score (nSPS) is 12.6. The van der Waals surface area contributed by atoms with Gasteiger partial charge in [-0.15, -0.1) is 11.3 Å². The molecule has 7 nitrogen and oxygen atoms in total. The molecule has 1 N–H and O–H groups in total. The predicted molar refractivity (Wildman–Crippen MR) is 115 cm³/mol. The summed E-state index contributed by atoms with van der Waals surface area (Å²) in [5, 5.41) is 2.68. The van der Waals surface area contributed by atoms with Crippen molar-refractivity contribution < 1.29 is 28.3 Å². The van der Waals surface area contributed by atoms with Crippen molar-refractivity contribution in [2.45, 2.75) is 13.5 Å². The second-order valence-electron chi connectivity index (χ2n) is 6.85. The number of amides is 3. The highest BCUT2D eigenvalue weighted by Crippen LogP contribution is 2.33. The molecule has 2 heterocycles. The number of nitrogens with zero attached hydrogens (tertiary/aromatic N) is 1. The number of ether oxygens (including phenoxy) is 1. The number of hydrogen-bond acceptors (Lipinski definition) is 6. The summed E-state index contributed by atoms with van der Waals surface area (Å²) in [5.41, 5.74) is 0.506. The van der Waals surface area contributed by atoms with E-state index in [1.165, 1.54) is 24.3 Å². The van der Waals surface area contributed by atoms with Crippen LogP contribution >= 0.6 is 11.3 Å². The Morgan fingerprint density at radius 2 is 1.62 bits per heavy atom. The molecule has 9 heteroatoms. The van der Waals surface area contributed by atoms with Crippen molar-refractivity contribution in [2.24, 2.45) is 0 Å². The first-order valence-corrected chi connectivity index (χ1v) is 10.5. The van der Waals surface area contributed by atoms with Crippen LogP contribution in [-0.4, -0.2) is 35.2 Å². The Morgan fingerprint density at radius 3 is 2.25 bits per heavy atom. The average Bonchev–Trinajstić information content (AvgIpc) is 3.29. The van der Waals surface area contributed by atoms with E-state index in [-0.39, 0.29) is 29.3 Å². The van der Waals surface area contributed by atoms with Gasteiger partial charge in [0.15, 0.2) is 0 Å². The van der Waals surface area contributed by atoms with Crippen LogP contribution in [0, 0.1) is 5.82 Å². The summed E-state index contributed by atoms with van der Waals surface area (Å²) in [6.07, 6.45) is 0. The molecule has 2 aromatic carbocycles. The van der Waals surface area contributed by atoms with Crippen LogP contribution in [0.3, 0.4) is 0 Å². The van der Waals surface area contributed by atoms with Crippen LogP contribution in [0.2, 0.25) is 0 Å². The van der Waals surface area contributed by atoms with Gasteiger partial charge in [0.1, 0.15) is 10.8 Å². The fourth-order valence-corrected chi connectivity index (χ4v) is 4.36. The van der Waals surface area contributed by atoms with Gasteiger partial charge >= 0.3 is 5.97 Å². The van der Waals surface area contributed by atoms with Crippen molar-refractivity contribution >= 4 is 40.0 Å². The Bertz CT molecular complexity index is 1220. The van der Waals surface area contributed by atoms with E-state index in [1.807, 2.05) is 0 Å². The molecule has 0 unspecified atom stereocenters. The number of thiophene rings is 1. The molecule has 0 atom stereocenters. The lowest BCUT2D eigenvalue weighted by molar-refractivity contribution is 0.0527. The molecule has 162 valence electrons. The highest BCUT2D eigenvalue weighted by atomic mass is 32.1. The van der Waals surface area contributed by atoms with E-state index in [0.29, 0.717) is 16.0 Å². The fourth-order valence-electron chi connectivity index (χ4n) is 3.33. The number of esters is 1. The third-order valence-corrected chi connectivity index (χ3v) is 5.85. The summed E-state index contributed by atoms with van der Waals surface area (Å²) in [4.78, 5) is 51.8. The van der Waals surface area contributed by atoms with E-state index in [2.05, 4.69) is 5.32 Å². The van der Waals surface area contributed by atoms with Crippen LogP contribution < -0.4 is 5.32 Å². The van der Waals surface area contributed by atoms with E-state index in [1.54, 1.807) is 31.2 Å². The van der Waals surface area contributed by atoms with Gasteiger partial charge in [0, 0.05) is 4.88 Å². The van der Waals surface area contributed by atoms with Gasteiger partial charge in [-0.1, -0.05) is 24.3 Å². The van der Waals surface area contributed by atoms with Crippen LogP contribution in [-0.2, 0) is 11.3 Å². The summed E-state index contributed by atoms with van der Waals surface area (Å²) in [6, 6.07) is 13.4. The van der Waals surface area contributed by atoms with Gasteiger partial charge in [0.05, 0.1) is 35.4 Å². The van der Waals surface area contributed by atoms with Gasteiger partial charge in [-0.25, -0.2) is 9.18 Å². The molecule has 0 bridgehead atoms. The molecule has 3 amide bonds. The Hall–Kier alpha value is -3.85. The maximum atomic E-state index is 14.0. The molecule has 0 spiro atoms. The number of carbonyl (C=O) groups excluding carboxylic acids is 4. The first-order chi connectivity index (χ1) is 15.4. The van der Waals surface area contributed by atoms with Crippen molar-refractivity contribution in [2.75, 3.05) is 11.9 Å². The summed E-state index contributed by atoms with van der Waals surface area (Å²) >= 11 is 1.01. The van der Waals surface area contributed by atoms with Crippen molar-refractivity contribution in [3.05, 3.63) is 87.5 Å². The van der Waals surface area contributed by atoms with Crippen LogP contribution in [0.15, 0.2) is 54.6 Å². The van der Waals surface area contributed by atoms with E-state index >= 15 is 0 Å². The number of hydrogen-bond donors (Lipinski definition) is 1. The molecule has 0 saturated carbocycles. The Balaban J connectivity index is 1.62. The number of nitrogens with one attached hydrogen (secondary N) is 1. The minimum Gasteiger partial charge on any atom is -0.462 e. The van der Waals surface area contributed by atoms with Gasteiger partial charge < -0.3 is 10.1 Å². The van der Waals surface area contributed by atoms with Gasteiger partial charge in [0.25, 0.3) is 17.7 Å². The first-order valence-electron chi connectivity index (χ1n) is 9.71. The van der Waals surface area contributed by atoms with Crippen LogP contribution in [0.5, 0.6) is 0 Å². The van der Waals surface area contributed by atoms with Crippen molar-refractivity contribution in [3.63, 3.8) is 0 Å². The molecule has 32 heavy (non-hydrogen) atoms. The van der Waals surface area contributed by atoms with Crippen LogP contribution in [0.25, 0.3) is 0 Å². The number of imide groups is 1. The highest BCUT2D eigenvalue weighted by molar-refractivity contribution is 7.16. The summed E-state index contributed by atoms with van der Waals surface area (Å²) in [5.74, 6) is -2.99. The molecule has 0 fully saturated rings. The molecule has 1 aliphatic rings. The van der Waals surface area contributed by atoms with E-state index in [0.717, 1.165) is 22.3 Å². The molecule has 1 aromatic heterocycles. The number of halogens is 1. The molecular formula is C23H17FN2O5S. The van der Waals surface area contributed by atoms with E-state index in [9.17, 15) is 23.6 Å². The highest BCUT2D eigenvalue weighted by Gasteiger charge is 2.35. The van der Waals surface area contributed by atoms with Crippen molar-refractivity contribution in [3.8, 4) is 0 Å². The first kappa shape index (κ1) is 21.4. The lowest BCUT2D eigenvalue weighted by Gasteiger charge is -2.12. The molecule has 0 radical (unpaired) electrons. The number of fused-ring (bicyclic) bond motifs is 1. The maximum absolute atomic E-state index is 14.0. The lowest BCUT2D eigenvalue weighted by Crippen LogP contribution is -2.28. The third-order valence-electron chi connectivity index (χ3n) is 4.82. The fraction of sp³-hybridized carbons (Fsp3) is 0.130. The Labute approximate surface area is 186 Å². The number of rotatable bonds is 6. The number of carbonyl (C=O) groups is 4. The SMILES string of the molecule is CCOC(=O)c1cc(CN2C(=O)c3ccccc3C2=O)sc1NC(=O)c1ccccc1F. The minimum absolute atomic E-state index is 0.0631. The van der Waals surface area contributed by atoms with Gasteiger partial charge in [-0.3, -0.25) is 19.3 Å². The molecule has 3 aromatic rings. The zero-order chi connectivity index (χ0) is 22.8. The largest absolute Gasteiger partial charge is 0.462 e. The molecule has 1 aliphatic heterocycles. The van der Waals surface area contributed by atoms with Crippen molar-refractivity contribution in [1.82, 2.24) is 4.90 Å². The smallest absolute Gasteiger partial charge is 0.341 e. The van der Waals surface area contributed by atoms with Gasteiger partial charge in [-0.2, -0.15) is 0 Å². The minimum atomic E-state index is -0.734. The number of anilines is 1. The maximum Gasteiger partial charge on any atom is 0.341 e. The van der Waals surface area contributed by atoms with Crippen LogP contribution in [0.4, 0.5) is 9.39 Å². The average molecular weight is 452 g/mol. The Morgan fingerprint density at radius 1 is 1.00 bits per heavy atom. The third kappa shape index (κ3) is 3.90. The van der Waals surface area contributed by atoms with Crippen LogP contribution in [0.1, 0.15) is 53.2 Å². The second kappa shape index (κ2) is 8.72. The summed E-state index contributed by atoms with van der Waals surface area (Å²) in [6.45, 7) is 1.67. The second-order valence-corrected chi connectivity index (χ2v) is 7.99. The summed E-state index contributed by atoms with van der Waals surface area (Å²) < 4.78 is 19.0. The lowest BCUT2D eigenvalue weighted by atomic mass is 10.1. The molecule has 0 aliphatic carbocycles. The Kier molecular flexibility index (Phi) is 5.83. The summed E-state index contributed by atoms with van der Waals surface area (Å²) in [7, 11) is 0. The predicted octanol–water partition coefficient (Wildman–Crippen LogP) is 4.11. The van der Waals surface area contributed by atoms with E-state index < -0.39 is 29.5 Å². The van der Waals surface area contributed by atoms with Gasteiger partial charge in [-0.05, 0) is 37.3 Å². The molecule has 4 rings (SSSR count). The quantitative estimate of drug-likeness (QED) is 0.449. The molecule has 0 saturated heterocycles. The van der Waals surface area contributed by atoms with Gasteiger partial charge in [0.2, 0.25) is 0 Å². The van der Waals surface area contributed by atoms with Crippen molar-refractivity contribution in [1.29, 1.82) is 0 Å². The zero-order valence-corrected chi connectivity index (χ0v) is 17.7. The number of benzene rings is 2. The molecular weight excluding hydrogens is 435 g/mol. The topological polar surface area (TPSA) is 92.8 Å². The standard InChI is InChI=1S/C23H17FN2O5S/c1-2-31-23(30)17-11-13(12-26-21(28)14-7-3-4-8-15(14)22(26)29)32-20(17)25-19(27)16-9-5-6-10-18(16)24/h3-11H,2,12H2,1H3,(H,25,27). The van der Waals surface area contributed by atoms with E-state index in [4.69, 9.17) is 4.74 Å². The zero-order valence-electron chi connectivity index (χ0n) is 16.9. The monoisotopic (exact) mass is 452 g/mol.